The van der Waals surface area contributed by atoms with Crippen LogP contribution >= 0.6 is 0 Å². The summed E-state index contributed by atoms with van der Waals surface area (Å²) in [4.78, 5) is 23.7. The lowest BCUT2D eigenvalue weighted by Gasteiger charge is -2.14. The molecule has 1 N–H and O–H groups in total. The van der Waals surface area contributed by atoms with Gasteiger partial charge in [-0.25, -0.2) is 0 Å². The van der Waals surface area contributed by atoms with Crippen LogP contribution in [0.2, 0.25) is 0 Å². The highest BCUT2D eigenvalue weighted by Crippen LogP contribution is 2.25. The Kier molecular flexibility index (Phi) is 3.74. The van der Waals surface area contributed by atoms with Gasteiger partial charge in [0.25, 0.3) is 0 Å². The summed E-state index contributed by atoms with van der Waals surface area (Å²) in [6, 6.07) is 16.8. The van der Waals surface area contributed by atoms with E-state index in [2.05, 4.69) is 5.32 Å². The van der Waals surface area contributed by atoms with Gasteiger partial charge in [0.2, 0.25) is 10.9 Å². The molecule has 0 saturated carbocycles. The monoisotopic (exact) mass is 293 g/mol. The third kappa shape index (κ3) is 2.39. The molecule has 0 amide bonds. The summed E-state index contributed by atoms with van der Waals surface area (Å²) in [5, 5.41) is 3.07. The van der Waals surface area contributed by atoms with Crippen molar-refractivity contribution in [1.82, 2.24) is 0 Å². The van der Waals surface area contributed by atoms with Crippen LogP contribution in [0.1, 0.15) is 5.56 Å². The van der Waals surface area contributed by atoms with E-state index in [0.717, 1.165) is 16.9 Å². The smallest absolute Gasteiger partial charge is 0.250 e. The summed E-state index contributed by atoms with van der Waals surface area (Å²) in [5.74, 6) is 0.745. The first-order valence-electron chi connectivity index (χ1n) is 6.97. The number of ether oxygens (including phenoxy) is 1. The molecule has 0 aliphatic heterocycles. The zero-order chi connectivity index (χ0) is 15.5. The van der Waals surface area contributed by atoms with Crippen molar-refractivity contribution in [3.63, 3.8) is 0 Å². The molecule has 0 aromatic heterocycles. The second kappa shape index (κ2) is 5.85. The molecule has 3 aromatic rings. The van der Waals surface area contributed by atoms with Crippen molar-refractivity contribution in [3.05, 3.63) is 80.6 Å². The van der Waals surface area contributed by atoms with Crippen molar-refractivity contribution in [2.24, 2.45) is 0 Å². The molecule has 0 bridgehead atoms. The second-order valence-corrected chi connectivity index (χ2v) is 4.94. The topological polar surface area (TPSA) is 55.4 Å². The average molecular weight is 293 g/mol. The Morgan fingerprint density at radius 3 is 2.32 bits per heavy atom. The third-order valence-corrected chi connectivity index (χ3v) is 3.62. The first-order chi connectivity index (χ1) is 10.7. The predicted octanol–water partition coefficient (Wildman–Crippen LogP) is 2.57. The Morgan fingerprint density at radius 1 is 0.909 bits per heavy atom. The lowest BCUT2D eigenvalue weighted by atomic mass is 9.98. The number of nitrogens with one attached hydrogen (secondary N) is 1. The maximum atomic E-state index is 11.8. The molecule has 0 saturated heterocycles. The van der Waals surface area contributed by atoms with Crippen molar-refractivity contribution in [2.75, 3.05) is 12.4 Å². The zero-order valence-corrected chi connectivity index (χ0v) is 12.1. The number of para-hydroxylation sites is 1. The van der Waals surface area contributed by atoms with Gasteiger partial charge in [-0.15, -0.1) is 0 Å². The van der Waals surface area contributed by atoms with Crippen LogP contribution in [0.5, 0.6) is 5.75 Å². The number of hydrogen-bond donors (Lipinski definition) is 1. The van der Waals surface area contributed by atoms with Gasteiger partial charge >= 0.3 is 0 Å². The number of benzene rings is 2. The fourth-order valence-electron chi connectivity index (χ4n) is 2.47. The van der Waals surface area contributed by atoms with E-state index in [1.54, 1.807) is 7.11 Å². The van der Waals surface area contributed by atoms with Crippen LogP contribution in [0.15, 0.2) is 64.2 Å². The minimum absolute atomic E-state index is 0.377. The fraction of sp³-hybridized carbons (Fsp3) is 0.111. The van der Waals surface area contributed by atoms with Crippen molar-refractivity contribution < 1.29 is 4.74 Å². The van der Waals surface area contributed by atoms with Crippen molar-refractivity contribution >= 4 is 5.69 Å². The minimum atomic E-state index is -0.464. The summed E-state index contributed by atoms with van der Waals surface area (Å²) in [6.07, 6.45) is 0. The predicted molar refractivity (Wildman–Crippen MR) is 87.1 cm³/mol. The molecule has 0 atom stereocenters. The van der Waals surface area contributed by atoms with E-state index in [9.17, 15) is 9.59 Å². The highest BCUT2D eigenvalue weighted by molar-refractivity contribution is 5.81. The number of methoxy groups -OCH3 is 1. The van der Waals surface area contributed by atoms with Gasteiger partial charge < -0.3 is 10.1 Å². The number of hydrogen-bond acceptors (Lipinski definition) is 4. The summed E-state index contributed by atoms with van der Waals surface area (Å²) in [7, 11) is 1.60. The number of rotatable bonds is 5. The van der Waals surface area contributed by atoms with E-state index >= 15 is 0 Å². The first kappa shape index (κ1) is 14.1. The molecule has 4 nitrogen and oxygen atoms in total. The molecular formula is C18H15NO3. The lowest BCUT2D eigenvalue weighted by Crippen LogP contribution is -2.36. The Balaban J connectivity index is 1.87. The highest BCUT2D eigenvalue weighted by Gasteiger charge is 2.21. The van der Waals surface area contributed by atoms with Gasteiger partial charge in [0.05, 0.1) is 18.4 Å². The Morgan fingerprint density at radius 2 is 1.59 bits per heavy atom. The quantitative estimate of drug-likeness (QED) is 0.735. The molecule has 0 spiro atoms. The molecule has 0 fully saturated rings. The second-order valence-electron chi connectivity index (χ2n) is 4.94. The van der Waals surface area contributed by atoms with Crippen LogP contribution in [0.4, 0.5) is 5.69 Å². The average Bonchev–Trinajstić information content (AvgIpc) is 2.58. The molecule has 0 heterocycles. The van der Waals surface area contributed by atoms with Gasteiger partial charge in [-0.1, -0.05) is 48.5 Å². The minimum Gasteiger partial charge on any atom is -0.496 e. The Labute approximate surface area is 127 Å². The van der Waals surface area contributed by atoms with Gasteiger partial charge in [-0.05, 0) is 11.6 Å². The Bertz CT molecular complexity index is 862. The van der Waals surface area contributed by atoms with Crippen molar-refractivity contribution in [2.45, 2.75) is 6.54 Å². The molecule has 0 radical (unpaired) electrons. The molecular weight excluding hydrogens is 278 g/mol. The largest absolute Gasteiger partial charge is 0.496 e. The van der Waals surface area contributed by atoms with Gasteiger partial charge in [-0.2, -0.15) is 0 Å². The van der Waals surface area contributed by atoms with E-state index in [0.29, 0.717) is 17.8 Å². The van der Waals surface area contributed by atoms with Gasteiger partial charge in [0, 0.05) is 12.1 Å². The molecule has 3 rings (SSSR count). The van der Waals surface area contributed by atoms with Gasteiger partial charge in [0.1, 0.15) is 5.75 Å². The standard InChI is InChI=1S/C18H15NO3/c1-22-14-10-6-5-9-13(14)11-19-16-15(17(20)18(16)21)12-7-3-2-4-8-12/h2-10,19H,11H2,1H3. The van der Waals surface area contributed by atoms with E-state index in [-0.39, 0.29) is 0 Å². The van der Waals surface area contributed by atoms with Crippen LogP contribution in [0.3, 0.4) is 0 Å². The molecule has 0 aliphatic carbocycles. The zero-order valence-electron chi connectivity index (χ0n) is 12.1. The maximum Gasteiger partial charge on any atom is 0.250 e. The van der Waals surface area contributed by atoms with Gasteiger partial charge in [-0.3, -0.25) is 9.59 Å². The summed E-state index contributed by atoms with van der Waals surface area (Å²) >= 11 is 0. The molecule has 4 heteroatoms. The van der Waals surface area contributed by atoms with Crippen LogP contribution < -0.4 is 20.9 Å². The van der Waals surface area contributed by atoms with E-state index in [1.165, 1.54) is 0 Å². The van der Waals surface area contributed by atoms with Crippen LogP contribution in [0, 0.1) is 0 Å². The molecule has 0 aliphatic rings. The highest BCUT2D eigenvalue weighted by atomic mass is 16.5. The molecule has 0 unspecified atom stereocenters. The fourth-order valence-corrected chi connectivity index (χ4v) is 2.47. The van der Waals surface area contributed by atoms with E-state index < -0.39 is 10.9 Å². The summed E-state index contributed by atoms with van der Waals surface area (Å²) in [6.45, 7) is 0.425. The van der Waals surface area contributed by atoms with Crippen molar-refractivity contribution in [3.8, 4) is 16.9 Å². The van der Waals surface area contributed by atoms with E-state index in [1.807, 2.05) is 54.6 Å². The van der Waals surface area contributed by atoms with E-state index in [4.69, 9.17) is 4.74 Å². The first-order valence-corrected chi connectivity index (χ1v) is 6.97. The Hall–Kier alpha value is -2.88. The SMILES string of the molecule is COc1ccccc1CNc1c(-c2ccccc2)c(=O)c1=O. The van der Waals surface area contributed by atoms with Gasteiger partial charge in [0.15, 0.2) is 0 Å². The normalized spacial score (nSPS) is 10.6. The van der Waals surface area contributed by atoms with Crippen molar-refractivity contribution in [1.29, 1.82) is 0 Å². The molecule has 3 aromatic carbocycles. The summed E-state index contributed by atoms with van der Waals surface area (Å²) in [5.41, 5.74) is 1.62. The summed E-state index contributed by atoms with van der Waals surface area (Å²) < 4.78 is 5.28. The van der Waals surface area contributed by atoms with Crippen LogP contribution in [-0.4, -0.2) is 7.11 Å². The third-order valence-electron chi connectivity index (χ3n) is 3.62. The van der Waals surface area contributed by atoms with Crippen LogP contribution in [0.25, 0.3) is 11.1 Å². The number of anilines is 1. The molecule has 110 valence electrons. The molecule has 22 heavy (non-hydrogen) atoms. The van der Waals surface area contributed by atoms with Crippen LogP contribution in [-0.2, 0) is 6.54 Å². The maximum absolute atomic E-state index is 11.8. The lowest BCUT2D eigenvalue weighted by molar-refractivity contribution is 0.410.